The zero-order valence-electron chi connectivity index (χ0n) is 14.8. The Kier molecular flexibility index (Phi) is 6.40. The number of nitrogens with one attached hydrogen (secondary N) is 1. The highest BCUT2D eigenvalue weighted by Crippen LogP contribution is 2.29. The smallest absolute Gasteiger partial charge is 0.255 e. The van der Waals surface area contributed by atoms with E-state index in [9.17, 15) is 4.79 Å². The lowest BCUT2D eigenvalue weighted by atomic mass is 9.97. The lowest BCUT2D eigenvalue weighted by Crippen LogP contribution is -2.40. The molecule has 1 aliphatic heterocycles. The van der Waals surface area contributed by atoms with E-state index in [2.05, 4.69) is 27.7 Å². The molecule has 2 aromatic rings. The van der Waals surface area contributed by atoms with Crippen LogP contribution in [0.4, 0.5) is 5.69 Å². The average Bonchev–Trinajstić information content (AvgIpc) is 3.15. The summed E-state index contributed by atoms with van der Waals surface area (Å²) in [6, 6.07) is 7.41. The second-order valence-electron chi connectivity index (χ2n) is 6.61. The maximum Gasteiger partial charge on any atom is 0.255 e. The minimum atomic E-state index is -0.181. The van der Waals surface area contributed by atoms with Crippen LogP contribution in [-0.4, -0.2) is 37.6 Å². The molecule has 7 heteroatoms. The Balaban J connectivity index is 1.56. The first kappa shape index (κ1) is 19.0. The minimum Gasteiger partial charge on any atom is -0.496 e. The van der Waals surface area contributed by atoms with Crippen LogP contribution in [0, 0.1) is 5.92 Å². The molecule has 1 fully saturated rings. The number of nitrogen functional groups attached to an aromatic ring is 1. The molecular weight excluding hydrogens is 370 g/mol. The molecule has 5 nitrogen and oxygen atoms in total. The fraction of sp³-hybridized carbons (Fsp3) is 0.421. The van der Waals surface area contributed by atoms with E-state index in [0.29, 0.717) is 34.5 Å². The van der Waals surface area contributed by atoms with E-state index in [4.69, 9.17) is 22.1 Å². The number of halogens is 1. The summed E-state index contributed by atoms with van der Waals surface area (Å²) in [5.74, 6) is 0.703. The average molecular weight is 394 g/mol. The van der Waals surface area contributed by atoms with Crippen molar-refractivity contribution in [2.75, 3.05) is 32.5 Å². The molecule has 1 unspecified atom stereocenters. The summed E-state index contributed by atoms with van der Waals surface area (Å²) >= 11 is 7.85. The number of thiophene rings is 1. The summed E-state index contributed by atoms with van der Waals surface area (Å²) in [5.41, 5.74) is 6.59. The van der Waals surface area contributed by atoms with Crippen molar-refractivity contribution in [2.45, 2.75) is 19.4 Å². The van der Waals surface area contributed by atoms with Gasteiger partial charge in [-0.05, 0) is 42.8 Å². The molecule has 0 spiro atoms. The van der Waals surface area contributed by atoms with Crippen LogP contribution in [0.3, 0.4) is 0 Å². The molecule has 0 radical (unpaired) electrons. The number of rotatable bonds is 6. The van der Waals surface area contributed by atoms with Gasteiger partial charge in [-0.3, -0.25) is 9.69 Å². The van der Waals surface area contributed by atoms with Gasteiger partial charge in [0.05, 0.1) is 23.4 Å². The van der Waals surface area contributed by atoms with Gasteiger partial charge in [0, 0.05) is 30.6 Å². The molecule has 1 amide bonds. The largest absolute Gasteiger partial charge is 0.496 e. The fourth-order valence-electron chi connectivity index (χ4n) is 3.33. The van der Waals surface area contributed by atoms with Crippen LogP contribution < -0.4 is 15.8 Å². The van der Waals surface area contributed by atoms with E-state index >= 15 is 0 Å². The number of benzene rings is 1. The first-order chi connectivity index (χ1) is 12.6. The number of nitrogens with zero attached hydrogens (tertiary/aromatic N) is 1. The summed E-state index contributed by atoms with van der Waals surface area (Å²) in [6.07, 6.45) is 2.28. The van der Waals surface area contributed by atoms with E-state index in [0.717, 1.165) is 32.5 Å². The van der Waals surface area contributed by atoms with Gasteiger partial charge in [0.15, 0.2) is 0 Å². The molecule has 26 heavy (non-hydrogen) atoms. The Morgan fingerprint density at radius 3 is 3.08 bits per heavy atom. The number of anilines is 1. The van der Waals surface area contributed by atoms with Crippen LogP contribution in [0.2, 0.25) is 5.02 Å². The highest BCUT2D eigenvalue weighted by Gasteiger charge is 2.22. The van der Waals surface area contributed by atoms with E-state index < -0.39 is 0 Å². The maximum absolute atomic E-state index is 12.6. The van der Waals surface area contributed by atoms with Crippen LogP contribution in [0.5, 0.6) is 5.75 Å². The number of methoxy groups -OCH3 is 1. The van der Waals surface area contributed by atoms with Gasteiger partial charge in [-0.15, -0.1) is 11.3 Å². The third kappa shape index (κ3) is 4.69. The van der Waals surface area contributed by atoms with Crippen LogP contribution in [-0.2, 0) is 6.54 Å². The SMILES string of the molecule is COc1cc(N)c(Cl)cc1C(=O)NCC1CCCN(Cc2cccs2)C1. The van der Waals surface area contributed by atoms with E-state index in [1.54, 1.807) is 23.5 Å². The van der Waals surface area contributed by atoms with Gasteiger partial charge in [0.2, 0.25) is 0 Å². The van der Waals surface area contributed by atoms with E-state index in [1.165, 1.54) is 12.0 Å². The number of piperidine rings is 1. The number of hydrogen-bond acceptors (Lipinski definition) is 5. The molecule has 1 aliphatic rings. The lowest BCUT2D eigenvalue weighted by molar-refractivity contribution is 0.0928. The fourth-order valence-corrected chi connectivity index (χ4v) is 4.24. The van der Waals surface area contributed by atoms with Crippen molar-refractivity contribution >= 4 is 34.5 Å². The lowest BCUT2D eigenvalue weighted by Gasteiger charge is -2.32. The van der Waals surface area contributed by atoms with Crippen molar-refractivity contribution in [1.82, 2.24) is 10.2 Å². The quantitative estimate of drug-likeness (QED) is 0.735. The van der Waals surface area contributed by atoms with Gasteiger partial charge in [-0.2, -0.15) is 0 Å². The standard InChI is InChI=1S/C19H24ClN3O2S/c1-25-18-9-17(21)16(20)8-15(18)19(24)22-10-13-4-2-6-23(11-13)12-14-5-3-7-26-14/h3,5,7-9,13H,2,4,6,10-12,21H2,1H3,(H,22,24). The number of ether oxygens (including phenoxy) is 1. The molecule has 3 N–H and O–H groups in total. The Labute approximate surface area is 163 Å². The predicted octanol–water partition coefficient (Wildman–Crippen LogP) is 3.63. The summed E-state index contributed by atoms with van der Waals surface area (Å²) in [7, 11) is 1.52. The van der Waals surface area contributed by atoms with Crippen molar-refractivity contribution in [3.63, 3.8) is 0 Å². The second-order valence-corrected chi connectivity index (χ2v) is 8.05. The summed E-state index contributed by atoms with van der Waals surface area (Å²) in [6.45, 7) is 3.75. The number of nitrogens with two attached hydrogens (primary N) is 1. The summed E-state index contributed by atoms with van der Waals surface area (Å²) in [4.78, 5) is 16.4. The number of hydrogen-bond donors (Lipinski definition) is 2. The van der Waals surface area contributed by atoms with Gasteiger partial charge in [0.1, 0.15) is 5.75 Å². The molecule has 0 bridgehead atoms. The van der Waals surface area contributed by atoms with Crippen LogP contribution >= 0.6 is 22.9 Å². The monoisotopic (exact) mass is 393 g/mol. The normalized spacial score (nSPS) is 17.8. The Morgan fingerprint density at radius 1 is 1.50 bits per heavy atom. The molecule has 1 saturated heterocycles. The van der Waals surface area contributed by atoms with Gasteiger partial charge in [-0.25, -0.2) is 0 Å². The molecule has 2 heterocycles. The molecule has 140 valence electrons. The van der Waals surface area contributed by atoms with Gasteiger partial charge < -0.3 is 15.8 Å². The molecule has 1 atom stereocenters. The van der Waals surface area contributed by atoms with Gasteiger partial charge >= 0.3 is 0 Å². The van der Waals surface area contributed by atoms with Crippen LogP contribution in [0.15, 0.2) is 29.6 Å². The second kappa shape index (κ2) is 8.75. The van der Waals surface area contributed by atoms with E-state index in [-0.39, 0.29) is 5.91 Å². The number of carbonyl (C=O) groups is 1. The molecule has 3 rings (SSSR count). The van der Waals surface area contributed by atoms with Crippen molar-refractivity contribution < 1.29 is 9.53 Å². The highest BCUT2D eigenvalue weighted by molar-refractivity contribution is 7.09. The zero-order valence-corrected chi connectivity index (χ0v) is 16.4. The van der Waals surface area contributed by atoms with Gasteiger partial charge in [0.25, 0.3) is 5.91 Å². The minimum absolute atomic E-state index is 0.181. The molecule has 0 aliphatic carbocycles. The summed E-state index contributed by atoms with van der Waals surface area (Å²) in [5, 5.41) is 5.50. The highest BCUT2D eigenvalue weighted by atomic mass is 35.5. The van der Waals surface area contributed by atoms with Crippen molar-refractivity contribution in [3.8, 4) is 5.75 Å². The summed E-state index contributed by atoms with van der Waals surface area (Å²) < 4.78 is 5.26. The van der Waals surface area contributed by atoms with Crippen LogP contribution in [0.1, 0.15) is 28.1 Å². The molecule has 1 aromatic heterocycles. The Bertz CT molecular complexity index is 751. The predicted molar refractivity (Wildman–Crippen MR) is 107 cm³/mol. The van der Waals surface area contributed by atoms with Crippen molar-refractivity contribution in [2.24, 2.45) is 5.92 Å². The molecule has 1 aromatic carbocycles. The third-order valence-electron chi connectivity index (χ3n) is 4.68. The molecular formula is C19H24ClN3O2S. The zero-order chi connectivity index (χ0) is 18.5. The maximum atomic E-state index is 12.6. The first-order valence-electron chi connectivity index (χ1n) is 8.72. The third-order valence-corrected chi connectivity index (χ3v) is 5.87. The number of likely N-dealkylation sites (tertiary alicyclic amines) is 1. The first-order valence-corrected chi connectivity index (χ1v) is 9.98. The Hall–Kier alpha value is -1.76. The topological polar surface area (TPSA) is 67.6 Å². The van der Waals surface area contributed by atoms with Crippen LogP contribution in [0.25, 0.3) is 0 Å². The Morgan fingerprint density at radius 2 is 2.35 bits per heavy atom. The van der Waals surface area contributed by atoms with Crippen molar-refractivity contribution in [1.29, 1.82) is 0 Å². The van der Waals surface area contributed by atoms with Crippen molar-refractivity contribution in [3.05, 3.63) is 45.1 Å². The van der Waals surface area contributed by atoms with Gasteiger partial charge in [-0.1, -0.05) is 17.7 Å². The number of amides is 1. The van der Waals surface area contributed by atoms with E-state index in [1.807, 2.05) is 0 Å². The number of carbonyl (C=O) groups excluding carboxylic acids is 1. The molecule has 0 saturated carbocycles.